The van der Waals surface area contributed by atoms with Crippen molar-refractivity contribution in [3.05, 3.63) is 74.8 Å². The SMILES string of the molecule is C[C@H](NC(=O)COC(=O)c1ccc2c(=O)n3c(nc2c1)CCC3)c1ccc2c(c1)CCCC2. The first-order valence-electron chi connectivity index (χ1n) is 11.6. The Morgan fingerprint density at radius 3 is 2.73 bits per heavy atom. The van der Waals surface area contributed by atoms with Crippen LogP contribution in [0.15, 0.2) is 41.2 Å². The molecule has 0 saturated heterocycles. The van der Waals surface area contributed by atoms with Crippen LogP contribution in [0.25, 0.3) is 10.9 Å². The minimum Gasteiger partial charge on any atom is -0.452 e. The van der Waals surface area contributed by atoms with Crippen LogP contribution in [0.3, 0.4) is 0 Å². The number of nitrogens with one attached hydrogen (secondary N) is 1. The van der Waals surface area contributed by atoms with Crippen molar-refractivity contribution in [1.82, 2.24) is 14.9 Å². The molecule has 1 atom stereocenters. The predicted molar refractivity (Wildman–Crippen MR) is 124 cm³/mol. The molecule has 0 spiro atoms. The number of rotatable bonds is 5. The summed E-state index contributed by atoms with van der Waals surface area (Å²) < 4.78 is 6.92. The Labute approximate surface area is 191 Å². The number of amides is 1. The van der Waals surface area contributed by atoms with E-state index >= 15 is 0 Å². The predicted octanol–water partition coefficient (Wildman–Crippen LogP) is 3.26. The van der Waals surface area contributed by atoms with Gasteiger partial charge in [0.1, 0.15) is 5.82 Å². The number of fused-ring (bicyclic) bond motifs is 3. The maximum Gasteiger partial charge on any atom is 0.338 e. The third-order valence-corrected chi connectivity index (χ3v) is 6.64. The summed E-state index contributed by atoms with van der Waals surface area (Å²) in [5.74, 6) is -0.229. The number of hydrogen-bond acceptors (Lipinski definition) is 5. The largest absolute Gasteiger partial charge is 0.452 e. The summed E-state index contributed by atoms with van der Waals surface area (Å²) in [4.78, 5) is 42.0. The van der Waals surface area contributed by atoms with Crippen molar-refractivity contribution >= 4 is 22.8 Å². The number of benzene rings is 2. The van der Waals surface area contributed by atoms with E-state index in [2.05, 4.69) is 28.5 Å². The van der Waals surface area contributed by atoms with Gasteiger partial charge in [0.05, 0.1) is 22.5 Å². The molecule has 3 aromatic rings. The molecule has 2 aliphatic rings. The molecule has 0 radical (unpaired) electrons. The molecule has 0 fully saturated rings. The minimum absolute atomic E-state index is 0.0806. The first kappa shape index (κ1) is 21.4. The average Bonchev–Trinajstić information content (AvgIpc) is 3.31. The zero-order chi connectivity index (χ0) is 22.9. The van der Waals surface area contributed by atoms with E-state index in [1.165, 1.54) is 24.0 Å². The van der Waals surface area contributed by atoms with E-state index in [0.717, 1.165) is 37.1 Å². The number of carbonyl (C=O) groups is 2. The lowest BCUT2D eigenvalue weighted by molar-refractivity contribution is -0.124. The summed E-state index contributed by atoms with van der Waals surface area (Å²) in [5.41, 5.74) is 4.48. The van der Waals surface area contributed by atoms with Crippen molar-refractivity contribution in [2.45, 2.75) is 58.0 Å². The van der Waals surface area contributed by atoms with Crippen LogP contribution < -0.4 is 10.9 Å². The number of hydrogen-bond donors (Lipinski definition) is 1. The second kappa shape index (κ2) is 8.81. The van der Waals surface area contributed by atoms with Crippen LogP contribution in [0.1, 0.15) is 65.1 Å². The Bertz CT molecular complexity index is 1310. The van der Waals surface area contributed by atoms with Gasteiger partial charge < -0.3 is 10.1 Å². The van der Waals surface area contributed by atoms with Crippen LogP contribution >= 0.6 is 0 Å². The summed E-state index contributed by atoms with van der Waals surface area (Å²) in [6, 6.07) is 10.9. The van der Waals surface area contributed by atoms with Crippen LogP contribution in [0.4, 0.5) is 0 Å². The molecule has 7 nitrogen and oxygen atoms in total. The van der Waals surface area contributed by atoms with E-state index in [9.17, 15) is 14.4 Å². The standard InChI is InChI=1S/C26H27N3O4/c1-16(18-9-8-17-5-2-3-6-19(17)13-18)27-24(30)15-33-26(32)20-10-11-21-22(14-20)28-23-7-4-12-29(23)25(21)31/h8-11,13-14,16H,2-7,12,15H2,1H3,(H,27,30)/t16-/m0/s1. The van der Waals surface area contributed by atoms with E-state index in [1.807, 2.05) is 6.92 Å². The van der Waals surface area contributed by atoms with Gasteiger partial charge in [0.15, 0.2) is 6.61 Å². The van der Waals surface area contributed by atoms with Gasteiger partial charge in [-0.15, -0.1) is 0 Å². The molecule has 0 saturated carbocycles. The van der Waals surface area contributed by atoms with Gasteiger partial charge in [-0.3, -0.25) is 14.2 Å². The van der Waals surface area contributed by atoms with Crippen molar-refractivity contribution in [2.75, 3.05) is 6.61 Å². The Hall–Kier alpha value is -3.48. The molecule has 2 heterocycles. The van der Waals surface area contributed by atoms with Gasteiger partial charge in [-0.2, -0.15) is 0 Å². The zero-order valence-corrected chi connectivity index (χ0v) is 18.7. The molecule has 33 heavy (non-hydrogen) atoms. The van der Waals surface area contributed by atoms with Gasteiger partial charge in [-0.05, 0) is 73.9 Å². The van der Waals surface area contributed by atoms with E-state index in [-0.39, 0.29) is 29.7 Å². The first-order chi connectivity index (χ1) is 16.0. The van der Waals surface area contributed by atoms with Crippen LogP contribution in [-0.4, -0.2) is 28.0 Å². The maximum atomic E-state index is 12.6. The van der Waals surface area contributed by atoms with E-state index in [1.54, 1.807) is 22.8 Å². The van der Waals surface area contributed by atoms with Crippen molar-refractivity contribution in [1.29, 1.82) is 0 Å². The molecule has 7 heteroatoms. The zero-order valence-electron chi connectivity index (χ0n) is 18.7. The Kier molecular flexibility index (Phi) is 5.70. The second-order valence-electron chi connectivity index (χ2n) is 8.92. The van der Waals surface area contributed by atoms with Gasteiger partial charge >= 0.3 is 5.97 Å². The maximum absolute atomic E-state index is 12.6. The van der Waals surface area contributed by atoms with Crippen LogP contribution in [-0.2, 0) is 35.3 Å². The van der Waals surface area contributed by atoms with Crippen molar-refractivity contribution in [2.24, 2.45) is 0 Å². The highest BCUT2D eigenvalue weighted by Crippen LogP contribution is 2.24. The highest BCUT2D eigenvalue weighted by molar-refractivity contribution is 5.95. The van der Waals surface area contributed by atoms with E-state index in [4.69, 9.17) is 4.74 Å². The highest BCUT2D eigenvalue weighted by Gasteiger charge is 2.19. The Morgan fingerprint density at radius 2 is 1.88 bits per heavy atom. The molecule has 0 unspecified atom stereocenters. The number of carbonyl (C=O) groups excluding carboxylic acids is 2. The van der Waals surface area contributed by atoms with Crippen molar-refractivity contribution in [3.63, 3.8) is 0 Å². The summed E-state index contributed by atoms with van der Waals surface area (Å²) in [5, 5.41) is 3.38. The quantitative estimate of drug-likeness (QED) is 0.609. The van der Waals surface area contributed by atoms with Gasteiger partial charge in [0, 0.05) is 13.0 Å². The smallest absolute Gasteiger partial charge is 0.338 e. The molecule has 1 aliphatic carbocycles. The first-order valence-corrected chi connectivity index (χ1v) is 11.6. The molecule has 170 valence electrons. The number of aryl methyl sites for hydroxylation is 3. The van der Waals surface area contributed by atoms with E-state index < -0.39 is 5.97 Å². The summed E-state index contributed by atoms with van der Waals surface area (Å²) in [7, 11) is 0. The van der Waals surface area contributed by atoms with Crippen molar-refractivity contribution < 1.29 is 14.3 Å². The van der Waals surface area contributed by atoms with Gasteiger partial charge in [-0.1, -0.05) is 18.2 Å². The third kappa shape index (κ3) is 4.27. The fourth-order valence-electron chi connectivity index (χ4n) is 4.81. The van der Waals surface area contributed by atoms with Crippen LogP contribution in [0.5, 0.6) is 0 Å². The summed E-state index contributed by atoms with van der Waals surface area (Å²) in [6.45, 7) is 2.24. The molecule has 5 rings (SSSR count). The third-order valence-electron chi connectivity index (χ3n) is 6.64. The molecule has 1 amide bonds. The lowest BCUT2D eigenvalue weighted by atomic mass is 9.89. The molecule has 1 aliphatic heterocycles. The number of nitrogens with zero attached hydrogens (tertiary/aromatic N) is 2. The van der Waals surface area contributed by atoms with Gasteiger partial charge in [0.25, 0.3) is 11.5 Å². The molecule has 1 N–H and O–H groups in total. The van der Waals surface area contributed by atoms with Crippen molar-refractivity contribution in [3.8, 4) is 0 Å². The minimum atomic E-state index is -0.615. The summed E-state index contributed by atoms with van der Waals surface area (Å²) in [6.07, 6.45) is 6.28. The normalized spacial score (nSPS) is 15.5. The second-order valence-corrected chi connectivity index (χ2v) is 8.92. The average molecular weight is 446 g/mol. The molecule has 2 aromatic carbocycles. The van der Waals surface area contributed by atoms with Crippen LogP contribution in [0.2, 0.25) is 0 Å². The highest BCUT2D eigenvalue weighted by atomic mass is 16.5. The summed E-state index contributed by atoms with van der Waals surface area (Å²) >= 11 is 0. The number of ether oxygens (including phenoxy) is 1. The Morgan fingerprint density at radius 1 is 1.06 bits per heavy atom. The molecule has 1 aromatic heterocycles. The topological polar surface area (TPSA) is 90.3 Å². The van der Waals surface area contributed by atoms with Gasteiger partial charge in [0.2, 0.25) is 0 Å². The fraction of sp³-hybridized carbons (Fsp3) is 0.385. The number of esters is 1. The Balaban J connectivity index is 1.22. The lowest BCUT2D eigenvalue weighted by Crippen LogP contribution is -2.31. The molecular weight excluding hydrogens is 418 g/mol. The monoisotopic (exact) mass is 445 g/mol. The lowest BCUT2D eigenvalue weighted by Gasteiger charge is -2.20. The molecular formula is C26H27N3O4. The molecule has 0 bridgehead atoms. The number of aromatic nitrogens is 2. The van der Waals surface area contributed by atoms with Gasteiger partial charge in [-0.25, -0.2) is 9.78 Å². The van der Waals surface area contributed by atoms with E-state index in [0.29, 0.717) is 17.4 Å². The fourth-order valence-corrected chi connectivity index (χ4v) is 4.81. The van der Waals surface area contributed by atoms with Crippen LogP contribution in [0, 0.1) is 0 Å².